The molecule has 2 unspecified atom stereocenters. The predicted octanol–water partition coefficient (Wildman–Crippen LogP) is 6.40. The Kier molecular flexibility index (Phi) is 10.1. The van der Waals surface area contributed by atoms with Crippen LogP contribution >= 0.6 is 0 Å². The van der Waals surface area contributed by atoms with E-state index in [0.717, 1.165) is 23.3 Å². The van der Waals surface area contributed by atoms with E-state index in [-0.39, 0.29) is 18.4 Å². The minimum atomic E-state index is -4.53. The Bertz CT molecular complexity index is 1300. The van der Waals surface area contributed by atoms with E-state index in [1.54, 1.807) is 30.3 Å². The highest BCUT2D eigenvalue weighted by atomic mass is 19.4. The number of rotatable bonds is 12. The lowest BCUT2D eigenvalue weighted by Gasteiger charge is -2.30. The zero-order valence-corrected chi connectivity index (χ0v) is 22.5. The summed E-state index contributed by atoms with van der Waals surface area (Å²) in [5.41, 5.74) is -0.0835. The maximum Gasteiger partial charge on any atom is 0.417 e. The second-order valence-corrected chi connectivity index (χ2v) is 9.84. The average molecular weight is 558 g/mol. The van der Waals surface area contributed by atoms with E-state index in [2.05, 4.69) is 16.4 Å². The summed E-state index contributed by atoms with van der Waals surface area (Å²) in [4.78, 5) is 16.9. The van der Waals surface area contributed by atoms with Gasteiger partial charge in [-0.25, -0.2) is 4.98 Å². The first-order chi connectivity index (χ1) is 18.9. The number of alkyl halides is 4. The van der Waals surface area contributed by atoms with Gasteiger partial charge in [0.25, 0.3) is 5.91 Å². The summed E-state index contributed by atoms with van der Waals surface area (Å²) in [5, 5.41) is 12.4. The van der Waals surface area contributed by atoms with Crippen molar-refractivity contribution in [2.24, 2.45) is 0 Å². The molecule has 0 aliphatic heterocycles. The van der Waals surface area contributed by atoms with Crippen molar-refractivity contribution >= 4 is 5.91 Å². The fourth-order valence-electron chi connectivity index (χ4n) is 4.04. The highest BCUT2D eigenvalue weighted by Crippen LogP contribution is 2.30. The van der Waals surface area contributed by atoms with Gasteiger partial charge in [-0.05, 0) is 68.7 Å². The lowest BCUT2D eigenvalue weighted by atomic mass is 9.85. The Morgan fingerprint density at radius 2 is 1.82 bits per heavy atom. The number of amides is 1. The molecular weight excluding hydrogens is 526 g/mol. The van der Waals surface area contributed by atoms with Crippen molar-refractivity contribution in [3.8, 4) is 17.7 Å². The van der Waals surface area contributed by atoms with E-state index < -0.39 is 36.0 Å². The smallest absolute Gasteiger partial charge is 0.417 e. The largest absolute Gasteiger partial charge is 0.494 e. The zero-order chi connectivity index (χ0) is 29.3. The SMILES string of the molecule is CC(NC(=O)C(C)(C)Oc1ccc(C(F)(F)F)cn1)C(Cc1ccc(OCCCF)cc1)c1cccc(C#N)c1. The van der Waals surface area contributed by atoms with Crippen molar-refractivity contribution < 1.29 is 31.8 Å². The minimum absolute atomic E-state index is 0.118. The highest BCUT2D eigenvalue weighted by Gasteiger charge is 2.34. The fraction of sp³-hybridized carbons (Fsp3) is 0.367. The minimum Gasteiger partial charge on any atom is -0.494 e. The Labute approximate surface area is 231 Å². The van der Waals surface area contributed by atoms with Gasteiger partial charge in [0.1, 0.15) is 5.75 Å². The van der Waals surface area contributed by atoms with Crippen molar-refractivity contribution in [2.45, 2.75) is 57.3 Å². The Morgan fingerprint density at radius 1 is 1.10 bits per heavy atom. The molecule has 0 spiro atoms. The number of nitriles is 1. The topological polar surface area (TPSA) is 84.2 Å². The van der Waals surface area contributed by atoms with Crippen molar-refractivity contribution in [2.75, 3.05) is 13.3 Å². The fourth-order valence-corrected chi connectivity index (χ4v) is 4.04. The van der Waals surface area contributed by atoms with Crippen LogP contribution in [-0.2, 0) is 17.4 Å². The number of hydrogen-bond acceptors (Lipinski definition) is 5. The lowest BCUT2D eigenvalue weighted by Crippen LogP contribution is -2.51. The number of carbonyl (C=O) groups is 1. The molecule has 0 aliphatic carbocycles. The quantitative estimate of drug-likeness (QED) is 0.206. The molecule has 2 aromatic carbocycles. The van der Waals surface area contributed by atoms with E-state index in [1.807, 2.05) is 25.1 Å². The molecule has 3 rings (SSSR count). The summed E-state index contributed by atoms with van der Waals surface area (Å²) in [6.07, 6.45) is -3.05. The summed E-state index contributed by atoms with van der Waals surface area (Å²) < 4.78 is 62.1. The number of aromatic nitrogens is 1. The number of nitrogens with one attached hydrogen (secondary N) is 1. The van der Waals surface area contributed by atoms with Crippen LogP contribution in [0.25, 0.3) is 0 Å². The van der Waals surface area contributed by atoms with Gasteiger partial charge in [0.05, 0.1) is 30.5 Å². The first kappa shape index (κ1) is 30.4. The Hall–Kier alpha value is -4.13. The summed E-state index contributed by atoms with van der Waals surface area (Å²) in [6, 6.07) is 18.1. The lowest BCUT2D eigenvalue weighted by molar-refractivity contribution is -0.138. The van der Waals surface area contributed by atoms with Crippen molar-refractivity contribution in [3.63, 3.8) is 0 Å². The van der Waals surface area contributed by atoms with Crippen LogP contribution in [0.5, 0.6) is 11.6 Å². The number of carbonyl (C=O) groups excluding carboxylic acids is 1. The molecular formula is C30H31F4N3O3. The second kappa shape index (κ2) is 13.3. The molecule has 1 heterocycles. The number of benzene rings is 2. The second-order valence-electron chi connectivity index (χ2n) is 9.84. The van der Waals surface area contributed by atoms with Gasteiger partial charge in [0.2, 0.25) is 5.88 Å². The third kappa shape index (κ3) is 8.43. The Morgan fingerprint density at radius 3 is 2.42 bits per heavy atom. The third-order valence-electron chi connectivity index (χ3n) is 6.30. The van der Waals surface area contributed by atoms with E-state index in [9.17, 15) is 27.6 Å². The van der Waals surface area contributed by atoms with Crippen LogP contribution in [0.15, 0.2) is 66.9 Å². The molecule has 10 heteroatoms. The van der Waals surface area contributed by atoms with Crippen LogP contribution in [0.4, 0.5) is 17.6 Å². The van der Waals surface area contributed by atoms with Gasteiger partial charge in [-0.3, -0.25) is 9.18 Å². The molecule has 0 saturated heterocycles. The summed E-state index contributed by atoms with van der Waals surface area (Å²) in [7, 11) is 0. The van der Waals surface area contributed by atoms with Crippen LogP contribution in [-0.4, -0.2) is 35.8 Å². The molecule has 1 N–H and O–H groups in total. The molecule has 2 atom stereocenters. The summed E-state index contributed by atoms with van der Waals surface area (Å²) in [5.74, 6) is -0.222. The van der Waals surface area contributed by atoms with E-state index in [4.69, 9.17) is 9.47 Å². The average Bonchev–Trinajstić information content (AvgIpc) is 2.92. The first-order valence-electron chi connectivity index (χ1n) is 12.7. The molecule has 6 nitrogen and oxygen atoms in total. The maximum atomic E-state index is 13.2. The van der Waals surface area contributed by atoms with Gasteiger partial charge in [-0.15, -0.1) is 0 Å². The van der Waals surface area contributed by atoms with Crippen LogP contribution in [0.3, 0.4) is 0 Å². The molecule has 1 aromatic heterocycles. The van der Waals surface area contributed by atoms with Crippen LogP contribution in [0, 0.1) is 11.3 Å². The van der Waals surface area contributed by atoms with Gasteiger partial charge >= 0.3 is 6.18 Å². The maximum absolute atomic E-state index is 13.2. The van der Waals surface area contributed by atoms with Gasteiger partial charge < -0.3 is 14.8 Å². The molecule has 0 saturated carbocycles. The molecule has 0 radical (unpaired) electrons. The molecule has 0 bridgehead atoms. The molecule has 0 fully saturated rings. The van der Waals surface area contributed by atoms with Gasteiger partial charge in [-0.2, -0.15) is 18.4 Å². The Balaban J connectivity index is 1.76. The summed E-state index contributed by atoms with van der Waals surface area (Å²) in [6.45, 7) is 4.67. The van der Waals surface area contributed by atoms with Crippen LogP contribution in [0.2, 0.25) is 0 Å². The monoisotopic (exact) mass is 557 g/mol. The first-order valence-corrected chi connectivity index (χ1v) is 12.7. The van der Waals surface area contributed by atoms with Gasteiger partial charge in [-0.1, -0.05) is 24.3 Å². The van der Waals surface area contributed by atoms with Crippen LogP contribution in [0.1, 0.15) is 55.4 Å². The molecule has 1 amide bonds. The van der Waals surface area contributed by atoms with Gasteiger partial charge in [0.15, 0.2) is 5.60 Å². The molecule has 3 aromatic rings. The number of pyridine rings is 1. The van der Waals surface area contributed by atoms with Gasteiger partial charge in [0, 0.05) is 30.6 Å². The number of halogens is 4. The zero-order valence-electron chi connectivity index (χ0n) is 22.5. The van der Waals surface area contributed by atoms with E-state index in [1.165, 1.54) is 13.8 Å². The van der Waals surface area contributed by atoms with E-state index >= 15 is 0 Å². The third-order valence-corrected chi connectivity index (χ3v) is 6.30. The summed E-state index contributed by atoms with van der Waals surface area (Å²) >= 11 is 0. The number of hydrogen-bond donors (Lipinski definition) is 1. The van der Waals surface area contributed by atoms with E-state index in [0.29, 0.717) is 30.4 Å². The number of nitrogens with zero attached hydrogens (tertiary/aromatic N) is 2. The highest BCUT2D eigenvalue weighted by molar-refractivity contribution is 5.85. The molecule has 0 aliphatic rings. The normalized spacial score (nSPS) is 13.2. The molecule has 40 heavy (non-hydrogen) atoms. The van der Waals surface area contributed by atoms with Crippen molar-refractivity contribution in [1.82, 2.24) is 10.3 Å². The standard InChI is InChI=1S/C30H31F4N3O3/c1-20(37-28(38)29(2,3)40-27-13-10-24(19-36-27)30(32,33)34)26(23-7-4-6-22(16-23)18-35)17-21-8-11-25(12-9-21)39-15-5-14-31/h4,6-13,16,19-20,26H,5,14-15,17H2,1-3H3,(H,37,38). The number of ether oxygens (including phenoxy) is 2. The van der Waals surface area contributed by atoms with Crippen molar-refractivity contribution in [1.29, 1.82) is 5.26 Å². The predicted molar refractivity (Wildman–Crippen MR) is 142 cm³/mol. The van der Waals surface area contributed by atoms with Crippen molar-refractivity contribution in [3.05, 3.63) is 89.1 Å². The molecule has 212 valence electrons. The van der Waals surface area contributed by atoms with Crippen LogP contribution < -0.4 is 14.8 Å².